The predicted octanol–water partition coefficient (Wildman–Crippen LogP) is 1.97. The number of likely N-dealkylation sites (N-methyl/N-ethyl adjacent to an activating group) is 1. The SMILES string of the molecule is CCOc1ccccc1C(=O)NCCCC(=O)N(CC)CC(=O)NC(C)C. The summed E-state index contributed by atoms with van der Waals surface area (Å²) in [5, 5.41) is 5.58. The first-order chi connectivity index (χ1) is 12.9. The van der Waals surface area contributed by atoms with Crippen molar-refractivity contribution in [1.29, 1.82) is 0 Å². The molecule has 0 saturated heterocycles. The van der Waals surface area contributed by atoms with E-state index in [1.807, 2.05) is 33.8 Å². The fourth-order valence-electron chi connectivity index (χ4n) is 2.55. The van der Waals surface area contributed by atoms with E-state index in [9.17, 15) is 14.4 Å². The molecule has 0 heterocycles. The van der Waals surface area contributed by atoms with Crippen LogP contribution in [0.25, 0.3) is 0 Å². The zero-order valence-corrected chi connectivity index (χ0v) is 16.7. The first-order valence-corrected chi connectivity index (χ1v) is 9.46. The molecule has 7 heteroatoms. The molecule has 0 fully saturated rings. The lowest BCUT2D eigenvalue weighted by molar-refractivity contribution is -0.136. The summed E-state index contributed by atoms with van der Waals surface area (Å²) in [7, 11) is 0. The van der Waals surface area contributed by atoms with Crippen LogP contribution in [0.5, 0.6) is 5.75 Å². The summed E-state index contributed by atoms with van der Waals surface area (Å²) in [6.07, 6.45) is 0.778. The third kappa shape index (κ3) is 8.11. The van der Waals surface area contributed by atoms with Crippen molar-refractivity contribution < 1.29 is 19.1 Å². The van der Waals surface area contributed by atoms with Crippen molar-refractivity contribution in [3.05, 3.63) is 29.8 Å². The summed E-state index contributed by atoms with van der Waals surface area (Å²) in [6.45, 7) is 8.84. The van der Waals surface area contributed by atoms with E-state index in [1.54, 1.807) is 18.2 Å². The molecule has 3 amide bonds. The summed E-state index contributed by atoms with van der Waals surface area (Å²) in [5.74, 6) is 0.0541. The molecule has 0 bridgehead atoms. The number of nitrogens with zero attached hydrogens (tertiary/aromatic N) is 1. The number of hydrogen-bond donors (Lipinski definition) is 2. The van der Waals surface area contributed by atoms with Crippen molar-refractivity contribution in [2.24, 2.45) is 0 Å². The quantitative estimate of drug-likeness (QED) is 0.577. The van der Waals surface area contributed by atoms with Gasteiger partial charge in [0.25, 0.3) is 5.91 Å². The van der Waals surface area contributed by atoms with Gasteiger partial charge < -0.3 is 20.3 Å². The molecule has 0 atom stereocenters. The van der Waals surface area contributed by atoms with Gasteiger partial charge in [-0.15, -0.1) is 0 Å². The Labute approximate surface area is 161 Å². The summed E-state index contributed by atoms with van der Waals surface area (Å²) in [6, 6.07) is 7.10. The van der Waals surface area contributed by atoms with Crippen molar-refractivity contribution in [3.63, 3.8) is 0 Å². The van der Waals surface area contributed by atoms with Crippen LogP contribution >= 0.6 is 0 Å². The van der Waals surface area contributed by atoms with Crippen LogP contribution in [0.15, 0.2) is 24.3 Å². The topological polar surface area (TPSA) is 87.7 Å². The van der Waals surface area contributed by atoms with Crippen LogP contribution in [0, 0.1) is 0 Å². The van der Waals surface area contributed by atoms with Crippen molar-refractivity contribution in [2.75, 3.05) is 26.2 Å². The van der Waals surface area contributed by atoms with Crippen molar-refractivity contribution in [2.45, 2.75) is 46.6 Å². The van der Waals surface area contributed by atoms with Gasteiger partial charge in [0.1, 0.15) is 5.75 Å². The monoisotopic (exact) mass is 377 g/mol. The maximum atomic E-state index is 12.3. The summed E-state index contributed by atoms with van der Waals surface area (Å²) < 4.78 is 5.45. The number of ether oxygens (including phenoxy) is 1. The maximum Gasteiger partial charge on any atom is 0.255 e. The van der Waals surface area contributed by atoms with Gasteiger partial charge in [0.05, 0.1) is 18.7 Å². The predicted molar refractivity (Wildman–Crippen MR) is 105 cm³/mol. The van der Waals surface area contributed by atoms with E-state index in [1.165, 1.54) is 4.90 Å². The Bertz CT molecular complexity index is 631. The average molecular weight is 377 g/mol. The van der Waals surface area contributed by atoms with Crippen LogP contribution in [-0.2, 0) is 9.59 Å². The first-order valence-electron chi connectivity index (χ1n) is 9.46. The Hall–Kier alpha value is -2.57. The smallest absolute Gasteiger partial charge is 0.255 e. The minimum Gasteiger partial charge on any atom is -0.493 e. The number of rotatable bonds is 11. The number of para-hydroxylation sites is 1. The van der Waals surface area contributed by atoms with E-state index in [0.717, 1.165) is 0 Å². The van der Waals surface area contributed by atoms with Gasteiger partial charge in [-0.3, -0.25) is 14.4 Å². The van der Waals surface area contributed by atoms with E-state index in [-0.39, 0.29) is 36.7 Å². The molecule has 150 valence electrons. The lowest BCUT2D eigenvalue weighted by Crippen LogP contribution is -2.42. The highest BCUT2D eigenvalue weighted by Crippen LogP contribution is 2.17. The molecule has 2 N–H and O–H groups in total. The highest BCUT2D eigenvalue weighted by Gasteiger charge is 2.16. The Balaban J connectivity index is 2.42. The summed E-state index contributed by atoms with van der Waals surface area (Å²) >= 11 is 0. The molecule has 0 unspecified atom stereocenters. The van der Waals surface area contributed by atoms with Gasteiger partial charge in [-0.2, -0.15) is 0 Å². The van der Waals surface area contributed by atoms with Crippen LogP contribution in [0.3, 0.4) is 0 Å². The van der Waals surface area contributed by atoms with Gasteiger partial charge in [0, 0.05) is 25.6 Å². The molecular weight excluding hydrogens is 346 g/mol. The second-order valence-corrected chi connectivity index (χ2v) is 6.42. The lowest BCUT2D eigenvalue weighted by atomic mass is 10.2. The number of carbonyl (C=O) groups excluding carboxylic acids is 3. The molecule has 1 aromatic carbocycles. The highest BCUT2D eigenvalue weighted by molar-refractivity contribution is 5.96. The molecule has 27 heavy (non-hydrogen) atoms. The highest BCUT2D eigenvalue weighted by atomic mass is 16.5. The number of amides is 3. The van der Waals surface area contributed by atoms with Gasteiger partial charge in [-0.25, -0.2) is 0 Å². The van der Waals surface area contributed by atoms with Gasteiger partial charge in [-0.05, 0) is 46.2 Å². The second kappa shape index (κ2) is 11.9. The Kier molecular flexibility index (Phi) is 9.93. The third-order valence-corrected chi connectivity index (χ3v) is 3.80. The van der Waals surface area contributed by atoms with Gasteiger partial charge in [0.15, 0.2) is 0 Å². The fourth-order valence-corrected chi connectivity index (χ4v) is 2.55. The number of benzene rings is 1. The van der Waals surface area contributed by atoms with E-state index in [0.29, 0.717) is 37.4 Å². The minimum atomic E-state index is -0.227. The minimum absolute atomic E-state index is 0.0427. The number of hydrogen-bond acceptors (Lipinski definition) is 4. The van der Waals surface area contributed by atoms with E-state index in [4.69, 9.17) is 4.74 Å². The zero-order chi connectivity index (χ0) is 20.2. The van der Waals surface area contributed by atoms with Crippen LogP contribution < -0.4 is 15.4 Å². The van der Waals surface area contributed by atoms with Crippen molar-refractivity contribution in [3.8, 4) is 5.75 Å². The largest absolute Gasteiger partial charge is 0.493 e. The molecule has 1 aromatic rings. The molecule has 0 aliphatic rings. The van der Waals surface area contributed by atoms with Crippen molar-refractivity contribution >= 4 is 17.7 Å². The Morgan fingerprint density at radius 3 is 2.48 bits per heavy atom. The lowest BCUT2D eigenvalue weighted by Gasteiger charge is -2.21. The van der Waals surface area contributed by atoms with E-state index >= 15 is 0 Å². The standard InChI is InChI=1S/C20H31N3O4/c1-5-23(14-18(24)22-15(3)4)19(25)12-9-13-21-20(26)16-10-7-8-11-17(16)27-6-2/h7-8,10-11,15H,5-6,9,12-14H2,1-4H3,(H,21,26)(H,22,24). The number of carbonyl (C=O) groups is 3. The molecule has 0 aromatic heterocycles. The molecule has 0 aliphatic carbocycles. The fraction of sp³-hybridized carbons (Fsp3) is 0.550. The van der Waals surface area contributed by atoms with Crippen LogP contribution in [0.4, 0.5) is 0 Å². The maximum absolute atomic E-state index is 12.3. The van der Waals surface area contributed by atoms with Gasteiger partial charge in [0.2, 0.25) is 11.8 Å². The van der Waals surface area contributed by atoms with E-state index in [2.05, 4.69) is 10.6 Å². The molecule has 0 radical (unpaired) electrons. The van der Waals surface area contributed by atoms with Gasteiger partial charge in [-0.1, -0.05) is 12.1 Å². The Morgan fingerprint density at radius 1 is 1.15 bits per heavy atom. The van der Waals surface area contributed by atoms with Crippen LogP contribution in [0.2, 0.25) is 0 Å². The van der Waals surface area contributed by atoms with Crippen LogP contribution in [0.1, 0.15) is 50.9 Å². The second-order valence-electron chi connectivity index (χ2n) is 6.42. The molecule has 0 saturated carbocycles. The number of nitrogens with one attached hydrogen (secondary N) is 2. The molecule has 7 nitrogen and oxygen atoms in total. The van der Waals surface area contributed by atoms with Crippen LogP contribution in [-0.4, -0.2) is 54.9 Å². The molecule has 0 aliphatic heterocycles. The molecular formula is C20H31N3O4. The summed E-state index contributed by atoms with van der Waals surface area (Å²) in [5.41, 5.74) is 0.478. The summed E-state index contributed by atoms with van der Waals surface area (Å²) in [4.78, 5) is 37.9. The third-order valence-electron chi connectivity index (χ3n) is 3.80. The van der Waals surface area contributed by atoms with Gasteiger partial charge >= 0.3 is 0 Å². The first kappa shape index (κ1) is 22.5. The zero-order valence-electron chi connectivity index (χ0n) is 16.7. The normalized spacial score (nSPS) is 10.4. The average Bonchev–Trinajstić information content (AvgIpc) is 2.63. The molecule has 1 rings (SSSR count). The van der Waals surface area contributed by atoms with Crippen molar-refractivity contribution in [1.82, 2.24) is 15.5 Å². The Morgan fingerprint density at radius 2 is 1.85 bits per heavy atom. The molecule has 0 spiro atoms. The van der Waals surface area contributed by atoms with E-state index < -0.39 is 0 Å².